The number of hydrogen-bond donors (Lipinski definition) is 0. The molecule has 0 atom stereocenters. The molecule has 1 rings (SSSR count). The van der Waals surface area contributed by atoms with Crippen LogP contribution in [-0.2, 0) is 9.59 Å². The van der Waals surface area contributed by atoms with E-state index in [2.05, 4.69) is 0 Å². The van der Waals surface area contributed by atoms with Gasteiger partial charge in [-0.05, 0) is 49.9 Å². The number of esters is 2. The Kier molecular flexibility index (Phi) is 6.22. The standard InChI is InChI=1S/C16H22O4/c1-5-7-14(17)19-13-9-11(3)16(12(4)10-13)20-15(18)8-6-2/h9-10H,5-8H2,1-4H3. The van der Waals surface area contributed by atoms with E-state index in [0.29, 0.717) is 24.3 Å². The summed E-state index contributed by atoms with van der Waals surface area (Å²) in [6.45, 7) is 7.52. The average molecular weight is 278 g/mol. The Hall–Kier alpha value is -1.84. The highest BCUT2D eigenvalue weighted by Crippen LogP contribution is 2.29. The van der Waals surface area contributed by atoms with E-state index < -0.39 is 0 Å². The van der Waals surface area contributed by atoms with Crippen molar-refractivity contribution in [2.75, 3.05) is 0 Å². The number of hydrogen-bond acceptors (Lipinski definition) is 4. The van der Waals surface area contributed by atoms with Crippen LogP contribution in [0, 0.1) is 13.8 Å². The molecule has 0 aliphatic heterocycles. The smallest absolute Gasteiger partial charge is 0.311 e. The lowest BCUT2D eigenvalue weighted by atomic mass is 10.1. The van der Waals surface area contributed by atoms with Crippen molar-refractivity contribution in [3.63, 3.8) is 0 Å². The lowest BCUT2D eigenvalue weighted by molar-refractivity contribution is -0.135. The van der Waals surface area contributed by atoms with E-state index in [1.807, 2.05) is 27.7 Å². The van der Waals surface area contributed by atoms with Gasteiger partial charge in [-0.3, -0.25) is 9.59 Å². The van der Waals surface area contributed by atoms with Crippen molar-refractivity contribution in [2.24, 2.45) is 0 Å². The lowest BCUT2D eigenvalue weighted by Crippen LogP contribution is -2.10. The van der Waals surface area contributed by atoms with Crippen molar-refractivity contribution in [3.8, 4) is 11.5 Å². The Morgan fingerprint density at radius 2 is 1.35 bits per heavy atom. The predicted octanol–water partition coefficient (Wildman–Crippen LogP) is 3.71. The van der Waals surface area contributed by atoms with Crippen LogP contribution in [0.2, 0.25) is 0 Å². The molecule has 20 heavy (non-hydrogen) atoms. The molecule has 0 aliphatic rings. The van der Waals surface area contributed by atoms with Crippen LogP contribution in [0.3, 0.4) is 0 Å². The Morgan fingerprint density at radius 3 is 1.80 bits per heavy atom. The van der Waals surface area contributed by atoms with Crippen molar-refractivity contribution < 1.29 is 19.1 Å². The Bertz CT molecular complexity index is 468. The van der Waals surface area contributed by atoms with Crippen LogP contribution in [-0.4, -0.2) is 11.9 Å². The number of benzene rings is 1. The van der Waals surface area contributed by atoms with Crippen molar-refractivity contribution >= 4 is 11.9 Å². The van der Waals surface area contributed by atoms with Crippen LogP contribution >= 0.6 is 0 Å². The Balaban J connectivity index is 2.86. The first-order valence-corrected chi connectivity index (χ1v) is 7.00. The predicted molar refractivity (Wildman–Crippen MR) is 77.0 cm³/mol. The zero-order valence-electron chi connectivity index (χ0n) is 12.6. The molecule has 4 nitrogen and oxygen atoms in total. The topological polar surface area (TPSA) is 52.6 Å². The molecule has 0 saturated carbocycles. The maximum Gasteiger partial charge on any atom is 0.311 e. The Labute approximate surface area is 120 Å². The molecule has 0 aliphatic carbocycles. The zero-order chi connectivity index (χ0) is 15.1. The van der Waals surface area contributed by atoms with Gasteiger partial charge < -0.3 is 9.47 Å². The summed E-state index contributed by atoms with van der Waals surface area (Å²) in [4.78, 5) is 23.0. The van der Waals surface area contributed by atoms with Gasteiger partial charge in [0, 0.05) is 12.8 Å². The summed E-state index contributed by atoms with van der Waals surface area (Å²) >= 11 is 0. The highest BCUT2D eigenvalue weighted by Gasteiger charge is 2.12. The fourth-order valence-electron chi connectivity index (χ4n) is 1.89. The third-order valence-electron chi connectivity index (χ3n) is 2.79. The largest absolute Gasteiger partial charge is 0.427 e. The molecule has 0 spiro atoms. The fourth-order valence-corrected chi connectivity index (χ4v) is 1.89. The zero-order valence-corrected chi connectivity index (χ0v) is 12.6. The molecule has 0 radical (unpaired) electrons. The molecule has 0 unspecified atom stereocenters. The van der Waals surface area contributed by atoms with E-state index in [-0.39, 0.29) is 11.9 Å². The van der Waals surface area contributed by atoms with Gasteiger partial charge in [-0.1, -0.05) is 13.8 Å². The SMILES string of the molecule is CCCC(=O)Oc1cc(C)c(OC(=O)CCC)c(C)c1. The molecule has 1 aromatic rings. The fraction of sp³-hybridized carbons (Fsp3) is 0.500. The first-order valence-electron chi connectivity index (χ1n) is 7.00. The molecular formula is C16H22O4. The summed E-state index contributed by atoms with van der Waals surface area (Å²) in [5, 5.41) is 0. The van der Waals surface area contributed by atoms with Gasteiger partial charge in [0.25, 0.3) is 0 Å². The van der Waals surface area contributed by atoms with Gasteiger partial charge in [0.2, 0.25) is 0 Å². The lowest BCUT2D eigenvalue weighted by Gasteiger charge is -2.12. The average Bonchev–Trinajstić information content (AvgIpc) is 2.34. The van der Waals surface area contributed by atoms with Gasteiger partial charge in [0.1, 0.15) is 11.5 Å². The van der Waals surface area contributed by atoms with Gasteiger partial charge in [0.15, 0.2) is 0 Å². The molecule has 0 fully saturated rings. The molecule has 1 aromatic carbocycles. The summed E-state index contributed by atoms with van der Waals surface area (Å²) < 4.78 is 10.6. The highest BCUT2D eigenvalue weighted by atomic mass is 16.5. The van der Waals surface area contributed by atoms with E-state index in [1.165, 1.54) is 0 Å². The van der Waals surface area contributed by atoms with Crippen LogP contribution in [0.25, 0.3) is 0 Å². The summed E-state index contributed by atoms with van der Waals surface area (Å²) in [7, 11) is 0. The number of ether oxygens (including phenoxy) is 2. The normalized spacial score (nSPS) is 10.2. The summed E-state index contributed by atoms with van der Waals surface area (Å²) in [5.41, 5.74) is 1.57. The molecule has 0 bridgehead atoms. The second-order valence-electron chi connectivity index (χ2n) is 4.83. The van der Waals surface area contributed by atoms with Gasteiger partial charge >= 0.3 is 11.9 Å². The maximum absolute atomic E-state index is 11.6. The minimum atomic E-state index is -0.248. The Morgan fingerprint density at radius 1 is 0.900 bits per heavy atom. The van der Waals surface area contributed by atoms with Crippen LogP contribution < -0.4 is 9.47 Å². The second-order valence-corrected chi connectivity index (χ2v) is 4.83. The first-order chi connectivity index (χ1) is 9.47. The van der Waals surface area contributed by atoms with Crippen molar-refractivity contribution in [3.05, 3.63) is 23.3 Å². The highest BCUT2D eigenvalue weighted by molar-refractivity contribution is 5.74. The third kappa shape index (κ3) is 4.68. The number of carbonyl (C=O) groups is 2. The molecule has 0 N–H and O–H groups in total. The van der Waals surface area contributed by atoms with Gasteiger partial charge in [-0.2, -0.15) is 0 Å². The van der Waals surface area contributed by atoms with E-state index in [4.69, 9.17) is 9.47 Å². The number of rotatable bonds is 6. The first kappa shape index (κ1) is 16.2. The van der Waals surface area contributed by atoms with Crippen molar-refractivity contribution in [1.29, 1.82) is 0 Å². The van der Waals surface area contributed by atoms with Crippen molar-refractivity contribution in [2.45, 2.75) is 53.4 Å². The van der Waals surface area contributed by atoms with Crippen LogP contribution in [0.15, 0.2) is 12.1 Å². The summed E-state index contributed by atoms with van der Waals surface area (Å²) in [6, 6.07) is 3.43. The van der Waals surface area contributed by atoms with Gasteiger partial charge in [-0.25, -0.2) is 0 Å². The molecule has 0 amide bonds. The molecule has 0 heterocycles. The molecule has 0 aromatic heterocycles. The second kappa shape index (κ2) is 7.68. The van der Waals surface area contributed by atoms with Crippen LogP contribution in [0.4, 0.5) is 0 Å². The quantitative estimate of drug-likeness (QED) is 0.588. The van der Waals surface area contributed by atoms with E-state index in [9.17, 15) is 9.59 Å². The third-order valence-corrected chi connectivity index (χ3v) is 2.79. The molecule has 4 heteroatoms. The minimum Gasteiger partial charge on any atom is -0.427 e. The maximum atomic E-state index is 11.6. The van der Waals surface area contributed by atoms with Crippen LogP contribution in [0.1, 0.15) is 50.7 Å². The van der Waals surface area contributed by atoms with E-state index in [1.54, 1.807) is 12.1 Å². The number of carbonyl (C=O) groups excluding carboxylic acids is 2. The van der Waals surface area contributed by atoms with Gasteiger partial charge in [0.05, 0.1) is 0 Å². The van der Waals surface area contributed by atoms with E-state index >= 15 is 0 Å². The summed E-state index contributed by atoms with van der Waals surface area (Å²) in [6.07, 6.45) is 2.30. The van der Waals surface area contributed by atoms with Crippen molar-refractivity contribution in [1.82, 2.24) is 0 Å². The van der Waals surface area contributed by atoms with Crippen LogP contribution in [0.5, 0.6) is 11.5 Å². The molecular weight excluding hydrogens is 256 g/mol. The number of aryl methyl sites for hydroxylation is 2. The molecule has 0 saturated heterocycles. The monoisotopic (exact) mass is 278 g/mol. The van der Waals surface area contributed by atoms with E-state index in [0.717, 1.165) is 24.0 Å². The van der Waals surface area contributed by atoms with Gasteiger partial charge in [-0.15, -0.1) is 0 Å². The summed E-state index contributed by atoms with van der Waals surface area (Å²) in [5.74, 6) is 0.559. The minimum absolute atomic E-state index is 0.241. The molecule has 110 valence electrons.